The molecule has 160 valence electrons. The van der Waals surface area contributed by atoms with Crippen molar-refractivity contribution in [1.29, 1.82) is 0 Å². The first-order valence-electron chi connectivity index (χ1n) is 9.81. The Kier molecular flexibility index (Phi) is 5.85. The molecule has 4 rings (SSSR count). The number of benzene rings is 2. The molecule has 2 heterocycles. The molecule has 3 N–H and O–H groups in total. The topological polar surface area (TPSA) is 106 Å². The summed E-state index contributed by atoms with van der Waals surface area (Å²) in [6.45, 7) is 2.01. The summed E-state index contributed by atoms with van der Waals surface area (Å²) in [5, 5.41) is 21.3. The van der Waals surface area contributed by atoms with Crippen molar-refractivity contribution < 1.29 is 14.6 Å². The van der Waals surface area contributed by atoms with E-state index in [-0.39, 0.29) is 0 Å². The summed E-state index contributed by atoms with van der Waals surface area (Å²) < 4.78 is 12.6. The highest BCUT2D eigenvalue weighted by molar-refractivity contribution is 5.91. The monoisotopic (exact) mass is 420 g/mol. The molecule has 1 atom stereocenters. The SMILES string of the molecule is COc1ccc(OC)c(Nc2nc(NCC(C)O)nc3c2cnn3-c2ccccc2)c1. The lowest BCUT2D eigenvalue weighted by Gasteiger charge is -2.14. The van der Waals surface area contributed by atoms with Gasteiger partial charge in [0.2, 0.25) is 5.95 Å². The van der Waals surface area contributed by atoms with Gasteiger partial charge < -0.3 is 25.2 Å². The Morgan fingerprint density at radius 2 is 1.87 bits per heavy atom. The van der Waals surface area contributed by atoms with Crippen LogP contribution in [-0.2, 0) is 0 Å². The Morgan fingerprint density at radius 3 is 2.58 bits per heavy atom. The van der Waals surface area contributed by atoms with E-state index in [1.807, 2.05) is 48.5 Å². The van der Waals surface area contributed by atoms with Gasteiger partial charge in [-0.05, 0) is 31.2 Å². The lowest BCUT2D eigenvalue weighted by molar-refractivity contribution is 0.208. The largest absolute Gasteiger partial charge is 0.497 e. The normalized spacial score (nSPS) is 11.9. The van der Waals surface area contributed by atoms with Crippen LogP contribution in [0.25, 0.3) is 16.7 Å². The maximum atomic E-state index is 9.67. The van der Waals surface area contributed by atoms with Crippen LogP contribution >= 0.6 is 0 Å². The maximum Gasteiger partial charge on any atom is 0.226 e. The minimum atomic E-state index is -0.548. The summed E-state index contributed by atoms with van der Waals surface area (Å²) in [6.07, 6.45) is 1.17. The lowest BCUT2D eigenvalue weighted by Crippen LogP contribution is -2.17. The highest BCUT2D eigenvalue weighted by atomic mass is 16.5. The molecular formula is C22H24N6O3. The number of aromatic nitrogens is 4. The third-order valence-corrected chi connectivity index (χ3v) is 4.64. The van der Waals surface area contributed by atoms with Crippen molar-refractivity contribution in [2.24, 2.45) is 0 Å². The minimum Gasteiger partial charge on any atom is -0.497 e. The molecule has 2 aromatic heterocycles. The number of nitrogens with zero attached hydrogens (tertiary/aromatic N) is 4. The fourth-order valence-electron chi connectivity index (χ4n) is 3.12. The summed E-state index contributed by atoms with van der Waals surface area (Å²) >= 11 is 0. The molecule has 2 aromatic carbocycles. The second-order valence-electron chi connectivity index (χ2n) is 6.95. The molecule has 0 amide bonds. The first-order valence-corrected chi connectivity index (χ1v) is 9.81. The van der Waals surface area contributed by atoms with E-state index in [9.17, 15) is 5.11 Å². The molecule has 0 aliphatic rings. The van der Waals surface area contributed by atoms with Crippen LogP contribution in [0.15, 0.2) is 54.7 Å². The van der Waals surface area contributed by atoms with Gasteiger partial charge in [0.15, 0.2) is 5.65 Å². The van der Waals surface area contributed by atoms with Crippen molar-refractivity contribution in [2.45, 2.75) is 13.0 Å². The zero-order valence-electron chi connectivity index (χ0n) is 17.5. The number of rotatable bonds is 8. The number of methoxy groups -OCH3 is 2. The minimum absolute atomic E-state index is 0.312. The van der Waals surface area contributed by atoms with Crippen molar-refractivity contribution in [3.05, 3.63) is 54.7 Å². The molecule has 0 aliphatic carbocycles. The van der Waals surface area contributed by atoms with E-state index in [0.29, 0.717) is 41.1 Å². The van der Waals surface area contributed by atoms with Gasteiger partial charge in [-0.3, -0.25) is 0 Å². The second kappa shape index (κ2) is 8.88. The van der Waals surface area contributed by atoms with E-state index in [1.54, 1.807) is 32.0 Å². The molecule has 0 saturated heterocycles. The van der Waals surface area contributed by atoms with Crippen LogP contribution in [0.3, 0.4) is 0 Å². The van der Waals surface area contributed by atoms with Crippen molar-refractivity contribution in [3.8, 4) is 17.2 Å². The van der Waals surface area contributed by atoms with Crippen molar-refractivity contribution in [2.75, 3.05) is 31.4 Å². The van der Waals surface area contributed by atoms with E-state index in [4.69, 9.17) is 9.47 Å². The highest BCUT2D eigenvalue weighted by Crippen LogP contribution is 2.33. The van der Waals surface area contributed by atoms with E-state index in [0.717, 1.165) is 11.1 Å². The van der Waals surface area contributed by atoms with Gasteiger partial charge in [0.25, 0.3) is 0 Å². The van der Waals surface area contributed by atoms with Gasteiger partial charge >= 0.3 is 0 Å². The molecule has 31 heavy (non-hydrogen) atoms. The van der Waals surface area contributed by atoms with Crippen molar-refractivity contribution in [3.63, 3.8) is 0 Å². The first kappa shape index (κ1) is 20.4. The standard InChI is InChI=1S/C22H24N6O3/c1-14(29)12-23-22-26-20(25-18-11-16(30-2)9-10-19(18)31-3)17-13-24-28(21(17)27-22)15-7-5-4-6-8-15/h4-11,13-14,29H,12H2,1-3H3,(H2,23,25,26,27). The van der Waals surface area contributed by atoms with Gasteiger partial charge in [-0.1, -0.05) is 18.2 Å². The molecule has 1 unspecified atom stereocenters. The maximum absolute atomic E-state index is 9.67. The van der Waals surface area contributed by atoms with Gasteiger partial charge in [0.1, 0.15) is 17.3 Å². The van der Waals surface area contributed by atoms with Crippen molar-refractivity contribution in [1.82, 2.24) is 19.7 Å². The summed E-state index contributed by atoms with van der Waals surface area (Å²) in [5.41, 5.74) is 2.19. The number of aliphatic hydroxyl groups excluding tert-OH is 1. The van der Waals surface area contributed by atoms with E-state index >= 15 is 0 Å². The Hall–Kier alpha value is -3.85. The van der Waals surface area contributed by atoms with Crippen LogP contribution in [0.2, 0.25) is 0 Å². The van der Waals surface area contributed by atoms with Gasteiger partial charge in [-0.2, -0.15) is 15.1 Å². The summed E-state index contributed by atoms with van der Waals surface area (Å²) in [5.74, 6) is 2.24. The molecule has 0 bridgehead atoms. The molecule has 0 spiro atoms. The van der Waals surface area contributed by atoms with Gasteiger partial charge in [-0.25, -0.2) is 4.68 Å². The average molecular weight is 420 g/mol. The van der Waals surface area contributed by atoms with E-state index in [2.05, 4.69) is 25.7 Å². The van der Waals surface area contributed by atoms with Crippen LogP contribution in [0.4, 0.5) is 17.5 Å². The lowest BCUT2D eigenvalue weighted by atomic mass is 10.2. The third-order valence-electron chi connectivity index (χ3n) is 4.64. The van der Waals surface area contributed by atoms with Crippen LogP contribution < -0.4 is 20.1 Å². The summed E-state index contributed by atoms with van der Waals surface area (Å²) in [7, 11) is 3.21. The molecular weight excluding hydrogens is 396 g/mol. The second-order valence-corrected chi connectivity index (χ2v) is 6.95. The van der Waals surface area contributed by atoms with Crippen LogP contribution in [0, 0.1) is 0 Å². The summed E-state index contributed by atoms with van der Waals surface area (Å²) in [6, 6.07) is 15.2. The van der Waals surface area contributed by atoms with Crippen LogP contribution in [0.5, 0.6) is 11.5 Å². The quantitative estimate of drug-likeness (QED) is 0.398. The smallest absolute Gasteiger partial charge is 0.226 e. The molecule has 0 radical (unpaired) electrons. The number of hydrogen-bond donors (Lipinski definition) is 3. The average Bonchev–Trinajstić information content (AvgIpc) is 3.22. The van der Waals surface area contributed by atoms with Gasteiger partial charge in [-0.15, -0.1) is 0 Å². The number of para-hydroxylation sites is 1. The van der Waals surface area contributed by atoms with Crippen LogP contribution in [-0.4, -0.2) is 51.7 Å². The number of hydrogen-bond acceptors (Lipinski definition) is 8. The van der Waals surface area contributed by atoms with Crippen LogP contribution in [0.1, 0.15) is 6.92 Å². The number of aliphatic hydroxyl groups is 1. The first-order chi connectivity index (χ1) is 15.1. The van der Waals surface area contributed by atoms with Gasteiger partial charge in [0.05, 0.1) is 43.3 Å². The number of fused-ring (bicyclic) bond motifs is 1. The number of anilines is 3. The Labute approximate surface area is 179 Å². The predicted octanol–water partition coefficient (Wildman–Crippen LogP) is 3.37. The third kappa shape index (κ3) is 4.36. The molecule has 0 fully saturated rings. The molecule has 9 nitrogen and oxygen atoms in total. The van der Waals surface area contributed by atoms with Gasteiger partial charge in [0, 0.05) is 12.6 Å². The highest BCUT2D eigenvalue weighted by Gasteiger charge is 2.16. The molecule has 9 heteroatoms. The predicted molar refractivity (Wildman–Crippen MR) is 120 cm³/mol. The van der Waals surface area contributed by atoms with Crippen molar-refractivity contribution >= 4 is 28.5 Å². The Bertz CT molecular complexity index is 1180. The number of ether oxygens (including phenoxy) is 2. The van der Waals surface area contributed by atoms with E-state index < -0.39 is 6.10 Å². The Balaban J connectivity index is 1.83. The Morgan fingerprint density at radius 1 is 1.06 bits per heavy atom. The fourth-order valence-corrected chi connectivity index (χ4v) is 3.12. The zero-order chi connectivity index (χ0) is 21.8. The molecule has 0 aliphatic heterocycles. The number of nitrogens with one attached hydrogen (secondary N) is 2. The van der Waals surface area contributed by atoms with E-state index in [1.165, 1.54) is 0 Å². The molecule has 4 aromatic rings. The molecule has 0 saturated carbocycles. The zero-order valence-corrected chi connectivity index (χ0v) is 17.5. The summed E-state index contributed by atoms with van der Waals surface area (Å²) in [4.78, 5) is 9.25. The fraction of sp³-hybridized carbons (Fsp3) is 0.227.